The normalized spacial score (nSPS) is 14.1. The van der Waals surface area contributed by atoms with Crippen molar-refractivity contribution >= 4 is 5.91 Å². The number of aliphatic hydroxyl groups is 2. The van der Waals surface area contributed by atoms with Crippen molar-refractivity contribution in [3.8, 4) is 0 Å². The highest BCUT2D eigenvalue weighted by Crippen LogP contribution is 2.14. The smallest absolute Gasteiger partial charge is 0.220 e. The summed E-state index contributed by atoms with van der Waals surface area (Å²) in [5.74, 6) is -0.102. The van der Waals surface area contributed by atoms with Gasteiger partial charge in [-0.05, 0) is 103 Å². The summed E-state index contributed by atoms with van der Waals surface area (Å²) in [5, 5.41) is 23.1. The predicted molar refractivity (Wildman–Crippen MR) is 289 cm³/mol. The number of carbonyl (C=O) groups excluding carboxylic acids is 1. The third-order valence-corrected chi connectivity index (χ3v) is 11.1. The van der Waals surface area contributed by atoms with E-state index in [2.05, 4.69) is 153 Å². The number of rotatable bonds is 46. The number of amides is 1. The molecule has 0 aliphatic carbocycles. The summed E-state index contributed by atoms with van der Waals surface area (Å²) >= 11 is 0. The van der Waals surface area contributed by atoms with Crippen LogP contribution in [-0.4, -0.2) is 34.9 Å². The Hall–Kier alpha value is -3.73. The van der Waals surface area contributed by atoms with Gasteiger partial charge in [-0.15, -0.1) is 0 Å². The van der Waals surface area contributed by atoms with Crippen molar-refractivity contribution in [3.05, 3.63) is 146 Å². The quantitative estimate of drug-likeness (QED) is 0.0421. The molecule has 1 amide bonds. The van der Waals surface area contributed by atoms with Gasteiger partial charge in [0.25, 0.3) is 0 Å². The van der Waals surface area contributed by atoms with Gasteiger partial charge in [0.05, 0.1) is 18.8 Å². The van der Waals surface area contributed by atoms with Crippen molar-refractivity contribution in [1.29, 1.82) is 0 Å². The number of unbranched alkanes of at least 4 members (excludes halogenated alkanes) is 17. The molecule has 3 N–H and O–H groups in total. The fraction of sp³-hybridized carbons (Fsp3) is 0.590. The number of nitrogens with one attached hydrogen (secondary N) is 1. The molecule has 2 atom stereocenters. The van der Waals surface area contributed by atoms with Crippen molar-refractivity contribution in [2.45, 2.75) is 225 Å². The minimum absolute atomic E-state index is 0.102. The predicted octanol–water partition coefficient (Wildman–Crippen LogP) is 17.6. The molecule has 0 radical (unpaired) electrons. The van der Waals surface area contributed by atoms with E-state index in [-0.39, 0.29) is 12.5 Å². The van der Waals surface area contributed by atoms with Gasteiger partial charge in [0, 0.05) is 6.42 Å². The van der Waals surface area contributed by atoms with E-state index in [1.165, 1.54) is 83.5 Å². The van der Waals surface area contributed by atoms with E-state index in [1.54, 1.807) is 6.08 Å². The molecular weight excluding hydrogens is 795 g/mol. The fourth-order valence-corrected chi connectivity index (χ4v) is 7.06. The van der Waals surface area contributed by atoms with Gasteiger partial charge in [-0.2, -0.15) is 0 Å². The highest BCUT2D eigenvalue weighted by atomic mass is 16.3. The third-order valence-electron chi connectivity index (χ3n) is 11.1. The van der Waals surface area contributed by atoms with Crippen LogP contribution in [0, 0.1) is 0 Å². The highest BCUT2D eigenvalue weighted by Gasteiger charge is 2.17. The van der Waals surface area contributed by atoms with Crippen LogP contribution in [0.1, 0.15) is 213 Å². The molecule has 65 heavy (non-hydrogen) atoms. The van der Waals surface area contributed by atoms with Crippen molar-refractivity contribution in [2.75, 3.05) is 6.61 Å². The molecule has 0 bridgehead atoms. The zero-order chi connectivity index (χ0) is 47.0. The van der Waals surface area contributed by atoms with E-state index in [9.17, 15) is 15.0 Å². The first kappa shape index (κ1) is 61.3. The van der Waals surface area contributed by atoms with Crippen LogP contribution in [0.25, 0.3) is 0 Å². The summed E-state index contributed by atoms with van der Waals surface area (Å²) < 4.78 is 0. The lowest BCUT2D eigenvalue weighted by Gasteiger charge is -2.19. The van der Waals surface area contributed by atoms with Crippen molar-refractivity contribution in [2.24, 2.45) is 0 Å². The molecule has 366 valence electrons. The topological polar surface area (TPSA) is 69.6 Å². The zero-order valence-electron chi connectivity index (χ0n) is 41.9. The van der Waals surface area contributed by atoms with E-state index < -0.39 is 12.1 Å². The van der Waals surface area contributed by atoms with Gasteiger partial charge in [-0.25, -0.2) is 0 Å². The Kier molecular flexibility index (Phi) is 51.5. The second-order valence-electron chi connectivity index (χ2n) is 17.2. The Balaban J connectivity index is 3.73. The Labute approximate surface area is 402 Å². The molecule has 2 unspecified atom stereocenters. The first-order valence-electron chi connectivity index (χ1n) is 26.5. The van der Waals surface area contributed by atoms with Crippen LogP contribution in [0.4, 0.5) is 0 Å². The first-order chi connectivity index (χ1) is 32.2. The summed E-state index contributed by atoms with van der Waals surface area (Å²) in [7, 11) is 0. The summed E-state index contributed by atoms with van der Waals surface area (Å²) in [6.07, 6.45) is 86.9. The maximum Gasteiger partial charge on any atom is 0.220 e. The van der Waals surface area contributed by atoms with Gasteiger partial charge >= 0.3 is 0 Å². The van der Waals surface area contributed by atoms with E-state index in [1.807, 2.05) is 6.08 Å². The van der Waals surface area contributed by atoms with Crippen LogP contribution >= 0.6 is 0 Å². The summed E-state index contributed by atoms with van der Waals surface area (Å²) in [6.45, 7) is 4.17. The highest BCUT2D eigenvalue weighted by molar-refractivity contribution is 5.76. The Morgan fingerprint density at radius 2 is 0.677 bits per heavy atom. The molecule has 0 aromatic rings. The van der Waals surface area contributed by atoms with Crippen LogP contribution in [0.3, 0.4) is 0 Å². The van der Waals surface area contributed by atoms with E-state index in [0.29, 0.717) is 6.42 Å². The average molecular weight is 894 g/mol. The zero-order valence-corrected chi connectivity index (χ0v) is 41.9. The van der Waals surface area contributed by atoms with E-state index in [4.69, 9.17) is 0 Å². The van der Waals surface area contributed by atoms with Gasteiger partial charge in [-0.1, -0.05) is 250 Å². The standard InChI is InChI=1S/C61H99NO3/c1-3-5-7-9-11-13-15-17-19-21-22-23-24-25-26-27-28-29-30-31-32-33-34-35-36-37-38-39-40-41-43-45-47-49-51-53-55-57-61(65)62-59(58-63)60(64)56-54-52-50-48-46-44-42-20-18-16-14-12-10-8-6-4-2/h5,7,11,13,17,19,22-23,25-26,28-29,31-32,34-35,37-38,40-41,45,47,54,56,59-60,63-64H,3-4,6,8-10,12,14-16,18,20-21,24,27,30,33,36,39,42-44,46,48-53,55,57-58H2,1-2H3,(H,62,65)/b7-5-,13-11-,19-17-,23-22-,26-25-,29-28-,32-31-,35-34-,38-37-,41-40-,47-45-,56-54+. The monoisotopic (exact) mass is 894 g/mol. The lowest BCUT2D eigenvalue weighted by atomic mass is 10.0. The molecule has 0 spiro atoms. The number of hydrogen-bond acceptors (Lipinski definition) is 3. The molecule has 0 aromatic heterocycles. The van der Waals surface area contributed by atoms with Crippen LogP contribution in [0.5, 0.6) is 0 Å². The number of carbonyl (C=O) groups is 1. The number of hydrogen-bond donors (Lipinski definition) is 3. The average Bonchev–Trinajstić information content (AvgIpc) is 3.31. The Morgan fingerprint density at radius 3 is 1.02 bits per heavy atom. The molecule has 0 aromatic carbocycles. The maximum absolute atomic E-state index is 12.4. The minimum Gasteiger partial charge on any atom is -0.394 e. The maximum atomic E-state index is 12.4. The molecule has 0 saturated heterocycles. The van der Waals surface area contributed by atoms with Crippen molar-refractivity contribution < 1.29 is 15.0 Å². The van der Waals surface area contributed by atoms with Gasteiger partial charge < -0.3 is 15.5 Å². The molecule has 0 aliphatic rings. The van der Waals surface area contributed by atoms with Gasteiger partial charge in [-0.3, -0.25) is 4.79 Å². The first-order valence-corrected chi connectivity index (χ1v) is 26.5. The Morgan fingerprint density at radius 1 is 0.385 bits per heavy atom. The number of allylic oxidation sites excluding steroid dienone is 23. The Bertz CT molecular complexity index is 1380. The van der Waals surface area contributed by atoms with Crippen molar-refractivity contribution in [3.63, 3.8) is 0 Å². The summed E-state index contributed by atoms with van der Waals surface area (Å²) in [5.41, 5.74) is 0. The van der Waals surface area contributed by atoms with Crippen molar-refractivity contribution in [1.82, 2.24) is 5.32 Å². The molecule has 0 saturated carbocycles. The van der Waals surface area contributed by atoms with Crippen LogP contribution < -0.4 is 5.32 Å². The molecule has 4 heteroatoms. The van der Waals surface area contributed by atoms with Gasteiger partial charge in [0.15, 0.2) is 0 Å². The lowest BCUT2D eigenvalue weighted by Crippen LogP contribution is -2.45. The minimum atomic E-state index is -0.864. The largest absolute Gasteiger partial charge is 0.394 e. The van der Waals surface area contributed by atoms with Crippen LogP contribution in [0.2, 0.25) is 0 Å². The third kappa shape index (κ3) is 51.1. The number of aliphatic hydroxyl groups excluding tert-OH is 2. The lowest BCUT2D eigenvalue weighted by molar-refractivity contribution is -0.123. The second-order valence-corrected chi connectivity index (χ2v) is 17.2. The molecule has 4 nitrogen and oxygen atoms in total. The summed E-state index contributed by atoms with van der Waals surface area (Å²) in [6, 6.07) is -0.651. The van der Waals surface area contributed by atoms with Gasteiger partial charge in [0.2, 0.25) is 5.91 Å². The second kappa shape index (κ2) is 54.6. The summed E-state index contributed by atoms with van der Waals surface area (Å²) in [4.78, 5) is 12.4. The molecule has 0 heterocycles. The fourth-order valence-electron chi connectivity index (χ4n) is 7.06. The van der Waals surface area contributed by atoms with E-state index >= 15 is 0 Å². The van der Waals surface area contributed by atoms with Crippen LogP contribution in [0.15, 0.2) is 146 Å². The molecule has 0 rings (SSSR count). The van der Waals surface area contributed by atoms with Gasteiger partial charge in [0.1, 0.15) is 0 Å². The SMILES string of the molecule is CC/C=C\C/C=C\C/C=C\C/C=C\C/C=C\C/C=C\C/C=C\C/C=C\C/C=C\C/C=C\C/C=C\CCCCCC(=O)NC(CO)C(O)/C=C/CCCCCCCCCCCCCCCC. The van der Waals surface area contributed by atoms with E-state index in [0.717, 1.165) is 109 Å². The van der Waals surface area contributed by atoms with Crippen LogP contribution in [-0.2, 0) is 4.79 Å². The molecular formula is C61H99NO3. The molecule has 0 fully saturated rings. The molecule has 0 aliphatic heterocycles.